The number of nitrogens with one attached hydrogen (secondary N) is 1. The number of carboxylic acid groups (broad SMARTS) is 2. The number of carbonyl (C=O) groups excluding carboxylic acids is 2. The maximum atomic E-state index is 11.8. The van der Waals surface area contributed by atoms with Crippen LogP contribution in [0.4, 0.5) is 10.6 Å². The molecule has 2 amide bonds. The average molecular weight is 636 g/mol. The number of unbranched alkanes of at least 4 members (excludes halogenated alkanes) is 4. The largest absolute Gasteiger partial charge is 0.480 e. The molecule has 240 valence electrons. The number of halogens is 2. The lowest BCUT2D eigenvalue weighted by Crippen LogP contribution is -2.53. The number of imide groups is 1. The van der Waals surface area contributed by atoms with Crippen molar-refractivity contribution < 1.29 is 34.1 Å². The molecule has 2 aliphatic heterocycles. The molecule has 1 aromatic heterocycles. The predicted molar refractivity (Wildman–Crippen MR) is 166 cm³/mol. The molecule has 0 unspecified atom stereocenters. The quantitative estimate of drug-likeness (QED) is 0.245. The van der Waals surface area contributed by atoms with Crippen LogP contribution in [0.25, 0.3) is 0 Å². The van der Waals surface area contributed by atoms with Crippen molar-refractivity contribution in [1.82, 2.24) is 9.88 Å². The fraction of sp³-hybridized carbons (Fsp3) is 0.690. The minimum atomic E-state index is -1.50. The molecule has 13 heteroatoms. The topological polar surface area (TPSA) is 172 Å². The molecule has 0 saturated carbocycles. The van der Waals surface area contributed by atoms with Gasteiger partial charge in [0.2, 0.25) is 5.91 Å². The number of fused-ring (bicyclic) bond motifs is 1. The first-order valence-electron chi connectivity index (χ1n) is 14.1. The third-order valence-corrected chi connectivity index (χ3v) is 7.17. The van der Waals surface area contributed by atoms with Gasteiger partial charge in [0.1, 0.15) is 22.5 Å². The number of aryl methyl sites for hydroxylation is 2. The van der Waals surface area contributed by atoms with Crippen molar-refractivity contribution in [3.8, 4) is 0 Å². The number of aromatic nitrogens is 1. The van der Waals surface area contributed by atoms with Gasteiger partial charge in [0, 0.05) is 18.7 Å². The maximum absolute atomic E-state index is 11.8. The Morgan fingerprint density at radius 2 is 1.67 bits per heavy atom. The normalized spacial score (nSPS) is 19.0. The zero-order valence-corrected chi connectivity index (χ0v) is 27.0. The number of carboxylic acids is 2. The second-order valence-corrected chi connectivity index (χ2v) is 12.1. The number of anilines is 1. The lowest BCUT2D eigenvalue weighted by molar-refractivity contribution is -0.152. The smallest absolute Gasteiger partial charge is 0.418 e. The summed E-state index contributed by atoms with van der Waals surface area (Å²) in [6.07, 6.45) is 8.46. The van der Waals surface area contributed by atoms with Crippen LogP contribution in [0.15, 0.2) is 12.1 Å². The van der Waals surface area contributed by atoms with Gasteiger partial charge in [-0.1, -0.05) is 31.7 Å². The van der Waals surface area contributed by atoms with E-state index >= 15 is 0 Å². The molecule has 5 N–H and O–H groups in total. The number of hydrogen-bond acceptors (Lipinski definition) is 8. The number of amides is 2. The van der Waals surface area contributed by atoms with E-state index in [0.29, 0.717) is 11.3 Å². The van der Waals surface area contributed by atoms with Crippen molar-refractivity contribution in [2.45, 2.75) is 122 Å². The van der Waals surface area contributed by atoms with Crippen molar-refractivity contribution in [1.29, 1.82) is 0 Å². The highest BCUT2D eigenvalue weighted by molar-refractivity contribution is 6.01. The summed E-state index contributed by atoms with van der Waals surface area (Å²) in [5.74, 6) is -1.55. The third kappa shape index (κ3) is 11.6. The van der Waals surface area contributed by atoms with Gasteiger partial charge in [0.25, 0.3) is 0 Å². The molecule has 1 saturated heterocycles. The maximum Gasteiger partial charge on any atom is 0.418 e. The predicted octanol–water partition coefficient (Wildman–Crippen LogP) is 5.36. The number of nitrogens with zero attached hydrogens (tertiary/aromatic N) is 2. The van der Waals surface area contributed by atoms with Crippen LogP contribution in [0.5, 0.6) is 0 Å². The highest BCUT2D eigenvalue weighted by Gasteiger charge is 2.52. The molecule has 3 heterocycles. The van der Waals surface area contributed by atoms with Crippen LogP contribution in [0.2, 0.25) is 0 Å². The Morgan fingerprint density at radius 1 is 1.05 bits per heavy atom. The zero-order chi connectivity index (χ0) is 30.1. The van der Waals surface area contributed by atoms with Gasteiger partial charge in [-0.3, -0.25) is 9.59 Å². The molecule has 11 nitrogen and oxygen atoms in total. The Balaban J connectivity index is 0.000000797. The van der Waals surface area contributed by atoms with Crippen molar-refractivity contribution >= 4 is 54.6 Å². The average Bonchev–Trinajstić information content (AvgIpc) is 3.18. The van der Waals surface area contributed by atoms with Crippen LogP contribution >= 0.6 is 24.8 Å². The first-order valence-corrected chi connectivity index (χ1v) is 14.1. The summed E-state index contributed by atoms with van der Waals surface area (Å²) in [5.41, 5.74) is 4.87. The molecule has 2 atom stereocenters. The van der Waals surface area contributed by atoms with Gasteiger partial charge in [-0.05, 0) is 84.8 Å². The van der Waals surface area contributed by atoms with E-state index in [1.54, 1.807) is 27.7 Å². The van der Waals surface area contributed by atoms with E-state index in [1.165, 1.54) is 24.6 Å². The van der Waals surface area contributed by atoms with Crippen LogP contribution in [0.3, 0.4) is 0 Å². The zero-order valence-electron chi connectivity index (χ0n) is 25.4. The molecule has 1 fully saturated rings. The molecule has 0 bridgehead atoms. The SMILES string of the molecule is CC(C)(C)OC(=O)N1C(=O)CC[C@@]1(C)C(=O)O.C[C@@](N)(CCCCCCCc1ccc2c(n1)NCCC2)C(=O)O.Cl.Cl. The number of nitrogens with two attached hydrogens (primary N) is 1. The van der Waals surface area contributed by atoms with E-state index < -0.39 is 40.6 Å². The number of likely N-dealkylation sites (tertiary alicyclic amines) is 1. The third-order valence-electron chi connectivity index (χ3n) is 7.17. The summed E-state index contributed by atoms with van der Waals surface area (Å²) in [5, 5.41) is 21.4. The van der Waals surface area contributed by atoms with Crippen molar-refractivity contribution in [2.24, 2.45) is 5.73 Å². The molecule has 0 aliphatic carbocycles. The summed E-state index contributed by atoms with van der Waals surface area (Å²) < 4.78 is 5.04. The summed E-state index contributed by atoms with van der Waals surface area (Å²) >= 11 is 0. The molecule has 0 aromatic carbocycles. The summed E-state index contributed by atoms with van der Waals surface area (Å²) in [4.78, 5) is 50.9. The molecule has 1 aromatic rings. The summed E-state index contributed by atoms with van der Waals surface area (Å²) in [6, 6.07) is 4.36. The van der Waals surface area contributed by atoms with E-state index in [4.69, 9.17) is 25.7 Å². The minimum Gasteiger partial charge on any atom is -0.480 e. The highest BCUT2D eigenvalue weighted by atomic mass is 35.5. The molecule has 3 rings (SSSR count). The first-order chi connectivity index (χ1) is 18.6. The van der Waals surface area contributed by atoms with Crippen LogP contribution < -0.4 is 11.1 Å². The van der Waals surface area contributed by atoms with Gasteiger partial charge in [0.15, 0.2) is 0 Å². The lowest BCUT2D eigenvalue weighted by Gasteiger charge is -2.31. The highest BCUT2D eigenvalue weighted by Crippen LogP contribution is 2.32. The molecule has 42 heavy (non-hydrogen) atoms. The van der Waals surface area contributed by atoms with E-state index in [2.05, 4.69) is 17.4 Å². The standard InChI is InChI=1S/C18H29N3O2.C11H17NO5.2ClH/c1-18(19,17(22)23)12-6-4-2-3-5-9-15-11-10-14-8-7-13-20-16(14)21-15;1-10(2,3)17-9(16)12-7(13)5-6-11(12,4)8(14)15;;/h10-11H,2-9,12-13,19H2,1H3,(H,20,21)(H,22,23);5-6H2,1-4H3,(H,14,15);2*1H/t18-;11-;;/m10../s1. The Hall–Kier alpha value is -2.63. The monoisotopic (exact) mass is 634 g/mol. The van der Waals surface area contributed by atoms with Crippen molar-refractivity contribution in [3.63, 3.8) is 0 Å². The van der Waals surface area contributed by atoms with E-state index in [-0.39, 0.29) is 37.7 Å². The molecule has 0 radical (unpaired) electrons. The number of hydrogen-bond donors (Lipinski definition) is 4. The van der Waals surface area contributed by atoms with E-state index in [1.807, 2.05) is 0 Å². The van der Waals surface area contributed by atoms with Crippen LogP contribution in [0.1, 0.15) is 104 Å². The number of pyridine rings is 1. The number of aliphatic carboxylic acids is 2. The Kier molecular flexibility index (Phi) is 15.8. The first kappa shape index (κ1) is 39.4. The van der Waals surface area contributed by atoms with E-state index in [9.17, 15) is 19.2 Å². The van der Waals surface area contributed by atoms with Crippen molar-refractivity contribution in [3.05, 3.63) is 23.4 Å². The van der Waals surface area contributed by atoms with Gasteiger partial charge >= 0.3 is 18.0 Å². The number of ether oxygens (including phenoxy) is 1. The van der Waals surface area contributed by atoms with Crippen molar-refractivity contribution in [2.75, 3.05) is 11.9 Å². The van der Waals surface area contributed by atoms with Gasteiger partial charge in [-0.15, -0.1) is 24.8 Å². The second-order valence-electron chi connectivity index (χ2n) is 12.1. The van der Waals surface area contributed by atoms with Gasteiger partial charge < -0.3 is 26.0 Å². The fourth-order valence-electron chi connectivity index (χ4n) is 4.61. The molecule has 0 spiro atoms. The van der Waals surface area contributed by atoms with Crippen LogP contribution in [-0.4, -0.2) is 67.3 Å². The minimum absolute atomic E-state index is 0. The fourth-order valence-corrected chi connectivity index (χ4v) is 4.61. The molecular formula is C29H48Cl2N4O7. The Labute approximate surface area is 261 Å². The van der Waals surface area contributed by atoms with Crippen LogP contribution in [-0.2, 0) is 32.0 Å². The summed E-state index contributed by atoms with van der Waals surface area (Å²) in [7, 11) is 0. The lowest BCUT2D eigenvalue weighted by atomic mass is 9.95. The number of carbonyl (C=O) groups is 4. The number of rotatable bonds is 10. The Bertz CT molecular complexity index is 1080. The van der Waals surface area contributed by atoms with E-state index in [0.717, 1.165) is 57.3 Å². The molecule has 2 aliphatic rings. The Morgan fingerprint density at radius 3 is 2.26 bits per heavy atom. The molecular weight excluding hydrogens is 587 g/mol. The van der Waals surface area contributed by atoms with Gasteiger partial charge in [-0.2, -0.15) is 0 Å². The van der Waals surface area contributed by atoms with Gasteiger partial charge in [0.05, 0.1) is 0 Å². The summed E-state index contributed by atoms with van der Waals surface area (Å²) in [6.45, 7) is 8.94. The van der Waals surface area contributed by atoms with Gasteiger partial charge in [-0.25, -0.2) is 19.5 Å². The van der Waals surface area contributed by atoms with Crippen LogP contribution in [0, 0.1) is 0 Å². The second kappa shape index (κ2) is 16.9.